The number of pyridine rings is 2. The summed E-state index contributed by atoms with van der Waals surface area (Å²) in [6, 6.07) is 11.9. The summed E-state index contributed by atoms with van der Waals surface area (Å²) in [7, 11) is 3.20. The number of rotatable bonds is 8. The molecule has 0 saturated heterocycles. The number of benzene rings is 1. The molecule has 1 atom stereocenters. The van der Waals surface area contributed by atoms with Gasteiger partial charge >= 0.3 is 0 Å². The van der Waals surface area contributed by atoms with E-state index < -0.39 is 16.7 Å². The van der Waals surface area contributed by atoms with Crippen molar-refractivity contribution >= 4 is 28.2 Å². The highest BCUT2D eigenvalue weighted by Gasteiger charge is 2.20. The highest BCUT2D eigenvalue weighted by Crippen LogP contribution is 2.28. The van der Waals surface area contributed by atoms with E-state index in [-0.39, 0.29) is 16.3 Å². The largest absolute Gasteiger partial charge is 0.497 e. The van der Waals surface area contributed by atoms with E-state index in [4.69, 9.17) is 9.47 Å². The van der Waals surface area contributed by atoms with Gasteiger partial charge in [-0.2, -0.15) is 0 Å². The minimum Gasteiger partial charge on any atom is -0.497 e. The maximum absolute atomic E-state index is 13.2. The lowest BCUT2D eigenvalue weighted by molar-refractivity contribution is 0.102. The normalized spacial score (nSPS) is 11.4. The summed E-state index contributed by atoms with van der Waals surface area (Å²) in [5.74, 6) is 1.43. The van der Waals surface area contributed by atoms with E-state index in [1.165, 1.54) is 7.11 Å². The lowest BCUT2D eigenvalue weighted by Crippen LogP contribution is -2.17. The van der Waals surface area contributed by atoms with Crippen molar-refractivity contribution in [2.24, 2.45) is 0 Å². The molecular weight excluding hydrogens is 404 g/mol. The van der Waals surface area contributed by atoms with Crippen molar-refractivity contribution in [3.05, 3.63) is 66.0 Å². The Labute approximate surface area is 177 Å². The van der Waals surface area contributed by atoms with Crippen LogP contribution in [0, 0.1) is 0 Å². The summed E-state index contributed by atoms with van der Waals surface area (Å²) in [5.41, 5.74) is 1.53. The zero-order valence-corrected chi connectivity index (χ0v) is 17.7. The number of amides is 1. The van der Waals surface area contributed by atoms with Crippen molar-refractivity contribution in [3.8, 4) is 11.5 Å². The molecule has 2 aromatic heterocycles. The molecule has 0 saturated carbocycles. The molecule has 0 aliphatic rings. The molecule has 3 rings (SSSR count). The summed E-state index contributed by atoms with van der Waals surface area (Å²) in [5, 5.41) is 5.88. The highest BCUT2D eigenvalue weighted by molar-refractivity contribution is 7.84. The van der Waals surface area contributed by atoms with E-state index in [1.807, 2.05) is 0 Å². The van der Waals surface area contributed by atoms with Crippen molar-refractivity contribution < 1.29 is 18.5 Å². The lowest BCUT2D eigenvalue weighted by atomic mass is 10.2. The molecule has 30 heavy (non-hydrogen) atoms. The Balaban J connectivity index is 1.92. The first-order valence-corrected chi connectivity index (χ1v) is 10.4. The standard InChI is InChI=1S/C21H22N4O4S/c1-22-19-7-6-17(20(26)24-15-8-10-23-11-9-15)21(25-19)30(27)13-14-4-5-16(28-2)12-18(14)29-3/h4-12H,13H2,1-3H3,(H,22,25)(H,23,24,26). The van der Waals surface area contributed by atoms with Gasteiger partial charge in [-0.25, -0.2) is 4.98 Å². The molecule has 2 N–H and O–H groups in total. The molecule has 2 heterocycles. The molecule has 1 unspecified atom stereocenters. The quantitative estimate of drug-likeness (QED) is 0.571. The van der Waals surface area contributed by atoms with Crippen LogP contribution in [0.5, 0.6) is 11.5 Å². The van der Waals surface area contributed by atoms with Gasteiger partial charge in [0.25, 0.3) is 5.91 Å². The minimum absolute atomic E-state index is 0.128. The molecule has 0 aliphatic heterocycles. The third-order valence-electron chi connectivity index (χ3n) is 4.30. The Bertz CT molecular complexity index is 1060. The average Bonchev–Trinajstić information content (AvgIpc) is 2.79. The molecule has 0 bridgehead atoms. The Morgan fingerprint density at radius 3 is 2.50 bits per heavy atom. The van der Waals surface area contributed by atoms with Crippen molar-refractivity contribution in [2.45, 2.75) is 10.8 Å². The molecule has 0 fully saturated rings. The second-order valence-electron chi connectivity index (χ2n) is 6.16. The second kappa shape index (κ2) is 9.84. The molecule has 1 amide bonds. The van der Waals surface area contributed by atoms with Crippen LogP contribution in [-0.2, 0) is 16.6 Å². The fraction of sp³-hybridized carbons (Fsp3) is 0.190. The lowest BCUT2D eigenvalue weighted by Gasteiger charge is -2.13. The second-order valence-corrected chi connectivity index (χ2v) is 7.52. The summed E-state index contributed by atoms with van der Waals surface area (Å²) in [6.45, 7) is 0. The van der Waals surface area contributed by atoms with E-state index in [2.05, 4.69) is 20.6 Å². The first-order valence-electron chi connectivity index (χ1n) is 9.05. The SMILES string of the molecule is CNc1ccc(C(=O)Nc2ccncc2)c(S(=O)Cc2ccc(OC)cc2OC)n1. The van der Waals surface area contributed by atoms with Crippen molar-refractivity contribution in [2.75, 3.05) is 31.9 Å². The van der Waals surface area contributed by atoms with Gasteiger partial charge in [0.15, 0.2) is 0 Å². The number of nitrogens with zero attached hydrogens (tertiary/aromatic N) is 2. The molecule has 1 aromatic carbocycles. The molecule has 0 radical (unpaired) electrons. The number of carbonyl (C=O) groups is 1. The van der Waals surface area contributed by atoms with Gasteiger partial charge in [0.05, 0.1) is 36.3 Å². The van der Waals surface area contributed by atoms with Gasteiger partial charge in [-0.05, 0) is 30.3 Å². The number of carbonyl (C=O) groups excluding carboxylic acids is 1. The predicted molar refractivity (Wildman–Crippen MR) is 116 cm³/mol. The Kier molecular flexibility index (Phi) is 6.97. The molecule has 0 spiro atoms. The molecule has 156 valence electrons. The smallest absolute Gasteiger partial charge is 0.258 e. The van der Waals surface area contributed by atoms with E-state index in [1.54, 1.807) is 69.0 Å². The number of anilines is 2. The number of aromatic nitrogens is 2. The zero-order valence-electron chi connectivity index (χ0n) is 16.8. The summed E-state index contributed by atoms with van der Waals surface area (Å²) >= 11 is 0. The monoisotopic (exact) mass is 426 g/mol. The van der Waals surface area contributed by atoms with Crippen LogP contribution in [0.4, 0.5) is 11.5 Å². The average molecular weight is 426 g/mol. The number of ether oxygens (including phenoxy) is 2. The van der Waals surface area contributed by atoms with Crippen LogP contribution < -0.4 is 20.1 Å². The van der Waals surface area contributed by atoms with Gasteiger partial charge in [-0.3, -0.25) is 14.0 Å². The number of nitrogens with one attached hydrogen (secondary N) is 2. The maximum Gasteiger partial charge on any atom is 0.258 e. The van der Waals surface area contributed by atoms with Crippen LogP contribution in [-0.4, -0.2) is 41.4 Å². The van der Waals surface area contributed by atoms with Crippen molar-refractivity contribution in [3.63, 3.8) is 0 Å². The first kappa shape index (κ1) is 21.3. The maximum atomic E-state index is 13.2. The topological polar surface area (TPSA) is 102 Å². The van der Waals surface area contributed by atoms with Crippen molar-refractivity contribution in [1.29, 1.82) is 0 Å². The minimum atomic E-state index is -1.60. The molecular formula is C21H22N4O4S. The van der Waals surface area contributed by atoms with Gasteiger partial charge in [0.1, 0.15) is 22.3 Å². The molecule has 3 aromatic rings. The molecule has 9 heteroatoms. The number of methoxy groups -OCH3 is 2. The van der Waals surface area contributed by atoms with Crippen LogP contribution in [0.3, 0.4) is 0 Å². The number of hydrogen-bond donors (Lipinski definition) is 2. The fourth-order valence-electron chi connectivity index (χ4n) is 2.74. The van der Waals surface area contributed by atoms with Gasteiger partial charge in [0.2, 0.25) is 0 Å². The van der Waals surface area contributed by atoms with Crippen LogP contribution >= 0.6 is 0 Å². The highest BCUT2D eigenvalue weighted by atomic mass is 32.2. The van der Waals surface area contributed by atoms with Gasteiger partial charge in [0, 0.05) is 36.8 Å². The fourth-order valence-corrected chi connectivity index (χ4v) is 4.00. The third-order valence-corrected chi connectivity index (χ3v) is 5.61. The predicted octanol–water partition coefficient (Wildman–Crippen LogP) is 3.10. The Hall–Kier alpha value is -3.46. The third kappa shape index (κ3) is 4.93. The molecule has 0 aliphatic carbocycles. The van der Waals surface area contributed by atoms with Gasteiger partial charge < -0.3 is 20.1 Å². The van der Waals surface area contributed by atoms with Crippen LogP contribution in [0.15, 0.2) is 59.9 Å². The Morgan fingerprint density at radius 1 is 1.07 bits per heavy atom. The van der Waals surface area contributed by atoms with Gasteiger partial charge in [-0.1, -0.05) is 6.07 Å². The van der Waals surface area contributed by atoms with E-state index >= 15 is 0 Å². The number of hydrogen-bond acceptors (Lipinski definition) is 7. The van der Waals surface area contributed by atoms with E-state index in [0.29, 0.717) is 28.6 Å². The van der Waals surface area contributed by atoms with E-state index in [0.717, 1.165) is 0 Å². The molecule has 8 nitrogen and oxygen atoms in total. The first-order chi connectivity index (χ1) is 14.5. The van der Waals surface area contributed by atoms with Crippen LogP contribution in [0.1, 0.15) is 15.9 Å². The van der Waals surface area contributed by atoms with Crippen LogP contribution in [0.25, 0.3) is 0 Å². The zero-order chi connectivity index (χ0) is 21.5. The van der Waals surface area contributed by atoms with Gasteiger partial charge in [-0.15, -0.1) is 0 Å². The Morgan fingerprint density at radius 2 is 1.83 bits per heavy atom. The van der Waals surface area contributed by atoms with Crippen molar-refractivity contribution in [1.82, 2.24) is 9.97 Å². The summed E-state index contributed by atoms with van der Waals surface area (Å²) in [6.07, 6.45) is 3.15. The summed E-state index contributed by atoms with van der Waals surface area (Å²) < 4.78 is 23.8. The van der Waals surface area contributed by atoms with Crippen LogP contribution in [0.2, 0.25) is 0 Å². The summed E-state index contributed by atoms with van der Waals surface area (Å²) in [4.78, 5) is 21.1. The van der Waals surface area contributed by atoms with E-state index in [9.17, 15) is 9.00 Å².